The third-order valence-electron chi connectivity index (χ3n) is 3.27. The van der Waals surface area contributed by atoms with Crippen molar-refractivity contribution in [3.05, 3.63) is 5.28 Å². The number of rotatable bonds is 5. The summed E-state index contributed by atoms with van der Waals surface area (Å²) in [5.41, 5.74) is 0. The normalized spacial score (nSPS) is 18.1. The van der Waals surface area contributed by atoms with Crippen LogP contribution in [-0.2, 0) is 4.74 Å². The Morgan fingerprint density at radius 1 is 1.26 bits per heavy atom. The lowest BCUT2D eigenvalue weighted by molar-refractivity contribution is 0.0621. The number of hydrogen-bond donors (Lipinski definition) is 2. The van der Waals surface area contributed by atoms with Gasteiger partial charge in [0.1, 0.15) is 0 Å². The highest BCUT2D eigenvalue weighted by Crippen LogP contribution is 2.21. The van der Waals surface area contributed by atoms with Crippen molar-refractivity contribution >= 4 is 23.5 Å². The maximum atomic E-state index is 5.89. The van der Waals surface area contributed by atoms with Crippen LogP contribution in [-0.4, -0.2) is 40.8 Å². The number of halogens is 1. The van der Waals surface area contributed by atoms with E-state index in [1.165, 1.54) is 0 Å². The molecule has 0 aromatic carbocycles. The molecule has 19 heavy (non-hydrogen) atoms. The lowest BCUT2D eigenvalue weighted by Crippen LogP contribution is -2.31. The second-order valence-electron chi connectivity index (χ2n) is 4.66. The molecule has 0 aliphatic carbocycles. The van der Waals surface area contributed by atoms with E-state index in [-0.39, 0.29) is 11.3 Å². The number of hydrogen-bond acceptors (Lipinski definition) is 6. The molecule has 0 spiro atoms. The number of nitrogens with one attached hydrogen (secondary N) is 2. The van der Waals surface area contributed by atoms with E-state index in [1.807, 2.05) is 6.92 Å². The monoisotopic (exact) mass is 285 g/mol. The first-order valence-electron chi connectivity index (χ1n) is 6.68. The van der Waals surface area contributed by atoms with Crippen LogP contribution < -0.4 is 10.6 Å². The van der Waals surface area contributed by atoms with Crippen LogP contribution in [0.1, 0.15) is 26.7 Å². The van der Waals surface area contributed by atoms with Crippen LogP contribution in [0.5, 0.6) is 0 Å². The minimum absolute atomic E-state index is 0.202. The van der Waals surface area contributed by atoms with E-state index in [0.717, 1.165) is 32.6 Å². The molecular weight excluding hydrogens is 266 g/mol. The van der Waals surface area contributed by atoms with E-state index in [0.29, 0.717) is 17.8 Å². The zero-order valence-corrected chi connectivity index (χ0v) is 12.1. The molecule has 0 bridgehead atoms. The number of anilines is 2. The van der Waals surface area contributed by atoms with Gasteiger partial charge in [0, 0.05) is 25.8 Å². The Morgan fingerprint density at radius 2 is 1.95 bits per heavy atom. The summed E-state index contributed by atoms with van der Waals surface area (Å²) in [6.45, 7) is 6.53. The first-order chi connectivity index (χ1) is 9.19. The summed E-state index contributed by atoms with van der Waals surface area (Å²) in [4.78, 5) is 12.4. The van der Waals surface area contributed by atoms with Crippen molar-refractivity contribution in [1.29, 1.82) is 0 Å². The maximum absolute atomic E-state index is 5.89. The highest BCUT2D eigenvalue weighted by molar-refractivity contribution is 6.28. The van der Waals surface area contributed by atoms with Gasteiger partial charge < -0.3 is 15.4 Å². The molecule has 1 saturated heterocycles. The number of aromatic nitrogens is 3. The second kappa shape index (κ2) is 6.86. The van der Waals surface area contributed by atoms with E-state index in [9.17, 15) is 0 Å². The summed E-state index contributed by atoms with van der Waals surface area (Å²) in [5.74, 6) is 1.60. The molecule has 1 unspecified atom stereocenters. The summed E-state index contributed by atoms with van der Waals surface area (Å²) < 4.78 is 5.37. The van der Waals surface area contributed by atoms with Gasteiger partial charge >= 0.3 is 0 Å². The van der Waals surface area contributed by atoms with E-state index in [2.05, 4.69) is 32.5 Å². The van der Waals surface area contributed by atoms with Crippen molar-refractivity contribution in [2.75, 3.05) is 30.4 Å². The summed E-state index contributed by atoms with van der Waals surface area (Å²) in [6, 6.07) is 0.289. The minimum Gasteiger partial charge on any atom is -0.381 e. The van der Waals surface area contributed by atoms with Crippen molar-refractivity contribution in [3.63, 3.8) is 0 Å². The molecule has 1 aromatic rings. The summed E-state index contributed by atoms with van der Waals surface area (Å²) in [6.07, 6.45) is 2.13. The summed E-state index contributed by atoms with van der Waals surface area (Å²) in [5, 5.41) is 6.55. The van der Waals surface area contributed by atoms with Crippen LogP contribution in [0.2, 0.25) is 5.28 Å². The van der Waals surface area contributed by atoms with Gasteiger partial charge in [-0.1, -0.05) is 0 Å². The SMILES string of the molecule is CCNc1nc(Cl)nc(NC(C)C2CCOCC2)n1. The Balaban J connectivity index is 2.00. The molecule has 1 atom stereocenters. The molecular formula is C12H20ClN5O. The molecule has 1 aliphatic rings. The van der Waals surface area contributed by atoms with Gasteiger partial charge in [-0.2, -0.15) is 15.0 Å². The minimum atomic E-state index is 0.202. The van der Waals surface area contributed by atoms with Crippen molar-refractivity contribution in [2.24, 2.45) is 5.92 Å². The lowest BCUT2D eigenvalue weighted by atomic mass is 9.93. The maximum Gasteiger partial charge on any atom is 0.229 e. The van der Waals surface area contributed by atoms with E-state index in [4.69, 9.17) is 16.3 Å². The molecule has 1 aromatic heterocycles. The first-order valence-corrected chi connectivity index (χ1v) is 7.06. The average Bonchev–Trinajstić information content (AvgIpc) is 2.39. The fourth-order valence-corrected chi connectivity index (χ4v) is 2.35. The fourth-order valence-electron chi connectivity index (χ4n) is 2.19. The van der Waals surface area contributed by atoms with E-state index < -0.39 is 0 Å². The summed E-state index contributed by atoms with van der Waals surface area (Å²) in [7, 11) is 0. The van der Waals surface area contributed by atoms with Gasteiger partial charge in [-0.15, -0.1) is 0 Å². The number of ether oxygens (including phenoxy) is 1. The van der Waals surface area contributed by atoms with Crippen molar-refractivity contribution < 1.29 is 4.74 Å². The fraction of sp³-hybridized carbons (Fsp3) is 0.750. The van der Waals surface area contributed by atoms with Gasteiger partial charge in [0.15, 0.2) is 0 Å². The molecule has 106 valence electrons. The van der Waals surface area contributed by atoms with Gasteiger partial charge in [0.2, 0.25) is 17.2 Å². The van der Waals surface area contributed by atoms with Gasteiger partial charge in [0.25, 0.3) is 0 Å². The van der Waals surface area contributed by atoms with E-state index >= 15 is 0 Å². The zero-order chi connectivity index (χ0) is 13.7. The predicted molar refractivity (Wildman–Crippen MR) is 75.6 cm³/mol. The quantitative estimate of drug-likeness (QED) is 0.864. The zero-order valence-electron chi connectivity index (χ0n) is 11.3. The van der Waals surface area contributed by atoms with Crippen LogP contribution in [0.15, 0.2) is 0 Å². The summed E-state index contributed by atoms with van der Waals surface area (Å²) >= 11 is 5.89. The molecule has 0 saturated carbocycles. The molecule has 7 heteroatoms. The highest BCUT2D eigenvalue weighted by Gasteiger charge is 2.21. The standard InChI is InChI=1S/C12H20ClN5O/c1-3-14-11-16-10(13)17-12(18-11)15-8(2)9-4-6-19-7-5-9/h8-9H,3-7H2,1-2H3,(H2,14,15,16,17,18). The molecule has 6 nitrogen and oxygen atoms in total. The van der Waals surface area contributed by atoms with Crippen molar-refractivity contribution in [2.45, 2.75) is 32.7 Å². The van der Waals surface area contributed by atoms with Gasteiger partial charge in [-0.3, -0.25) is 0 Å². The Hall–Kier alpha value is -1.14. The van der Waals surface area contributed by atoms with Crippen LogP contribution in [0.25, 0.3) is 0 Å². The Morgan fingerprint density at radius 3 is 2.63 bits per heavy atom. The topological polar surface area (TPSA) is 72.0 Å². The smallest absolute Gasteiger partial charge is 0.229 e. The molecule has 1 aliphatic heterocycles. The second-order valence-corrected chi connectivity index (χ2v) is 5.00. The van der Waals surface area contributed by atoms with Gasteiger partial charge in [-0.25, -0.2) is 0 Å². The molecule has 2 heterocycles. The van der Waals surface area contributed by atoms with Crippen molar-refractivity contribution in [1.82, 2.24) is 15.0 Å². The lowest BCUT2D eigenvalue weighted by Gasteiger charge is -2.28. The molecule has 0 radical (unpaired) electrons. The highest BCUT2D eigenvalue weighted by atomic mass is 35.5. The molecule has 2 rings (SSSR count). The average molecular weight is 286 g/mol. The van der Waals surface area contributed by atoms with Gasteiger partial charge in [-0.05, 0) is 44.2 Å². The van der Waals surface area contributed by atoms with Crippen LogP contribution in [0, 0.1) is 5.92 Å². The Labute approximate surface area is 118 Å². The largest absolute Gasteiger partial charge is 0.381 e. The third kappa shape index (κ3) is 4.18. The molecule has 1 fully saturated rings. The third-order valence-corrected chi connectivity index (χ3v) is 3.44. The van der Waals surface area contributed by atoms with Crippen LogP contribution in [0.4, 0.5) is 11.9 Å². The molecule has 2 N–H and O–H groups in total. The van der Waals surface area contributed by atoms with E-state index in [1.54, 1.807) is 0 Å². The van der Waals surface area contributed by atoms with Crippen LogP contribution >= 0.6 is 11.6 Å². The van der Waals surface area contributed by atoms with Crippen molar-refractivity contribution in [3.8, 4) is 0 Å². The molecule has 0 amide bonds. The predicted octanol–water partition coefficient (Wildman–Crippen LogP) is 2.18. The van der Waals surface area contributed by atoms with Gasteiger partial charge in [0.05, 0.1) is 0 Å². The van der Waals surface area contributed by atoms with Crippen LogP contribution in [0.3, 0.4) is 0 Å². The number of nitrogens with zero attached hydrogens (tertiary/aromatic N) is 3. The Bertz CT molecular complexity index is 411. The Kier molecular flexibility index (Phi) is 5.15. The first kappa shape index (κ1) is 14.3.